The molecule has 2 heteroatoms. The van der Waals surface area contributed by atoms with Gasteiger partial charge in [0, 0.05) is 0 Å². The van der Waals surface area contributed by atoms with E-state index < -0.39 is 0 Å². The van der Waals surface area contributed by atoms with E-state index >= 15 is 0 Å². The number of fused-ring (bicyclic) bond motifs is 2. The zero-order chi connectivity index (χ0) is 9.38. The number of nitrogens with zero attached hydrogens (tertiary/aromatic N) is 1. The molecule has 0 atom stereocenters. The van der Waals surface area contributed by atoms with Gasteiger partial charge in [0.1, 0.15) is 0 Å². The van der Waals surface area contributed by atoms with Crippen LogP contribution in [0.3, 0.4) is 0 Å². The standard InChI is InChI=1S/C12H7AsN/c1-3-7-11-9(5-1)13-10-6-2-4-8-12(10)14-11/h1-5,7-8H. The summed E-state index contributed by atoms with van der Waals surface area (Å²) in [7, 11) is 0. The number of para-hydroxylation sites is 1. The minimum atomic E-state index is 0.0779. The minimum absolute atomic E-state index is 0.0779. The number of hydrogen-bond donors (Lipinski definition) is 0. The van der Waals surface area contributed by atoms with E-state index in [-0.39, 0.29) is 15.3 Å². The van der Waals surface area contributed by atoms with Crippen LogP contribution in [0.4, 0.5) is 5.69 Å². The first-order chi connectivity index (χ1) is 6.93. The summed E-state index contributed by atoms with van der Waals surface area (Å²) in [4.78, 5) is 4.60. The SMILES string of the molecule is [c]1cccc2c1[As]=c1ccccc1=N2. The molecule has 0 aromatic heterocycles. The van der Waals surface area contributed by atoms with Crippen LogP contribution in [0, 0.1) is 10.0 Å². The predicted octanol–water partition coefficient (Wildman–Crippen LogP) is 1.03. The summed E-state index contributed by atoms with van der Waals surface area (Å²) in [5, 5.41) is 1.14. The fourth-order valence-corrected chi connectivity index (χ4v) is 3.64. The quantitative estimate of drug-likeness (QED) is 0.520. The number of rotatable bonds is 0. The van der Waals surface area contributed by atoms with E-state index in [9.17, 15) is 0 Å². The van der Waals surface area contributed by atoms with Crippen LogP contribution in [-0.4, -0.2) is 15.3 Å². The van der Waals surface area contributed by atoms with Crippen molar-refractivity contribution in [3.05, 3.63) is 57.8 Å². The topological polar surface area (TPSA) is 12.4 Å². The summed E-state index contributed by atoms with van der Waals surface area (Å²) < 4.78 is 2.68. The normalized spacial score (nSPS) is 13.1. The third kappa shape index (κ3) is 1.25. The van der Waals surface area contributed by atoms with Crippen LogP contribution in [0.25, 0.3) is 0 Å². The molecule has 0 N–H and O–H groups in total. The molecule has 2 aromatic rings. The fraction of sp³-hybridized carbons (Fsp3) is 0. The predicted molar refractivity (Wildman–Crippen MR) is 56.8 cm³/mol. The van der Waals surface area contributed by atoms with Crippen molar-refractivity contribution in [3.63, 3.8) is 0 Å². The summed E-state index contributed by atoms with van der Waals surface area (Å²) in [5.74, 6) is 0. The van der Waals surface area contributed by atoms with Crippen molar-refractivity contribution in [1.82, 2.24) is 0 Å². The van der Waals surface area contributed by atoms with E-state index in [1.807, 2.05) is 18.2 Å². The van der Waals surface area contributed by atoms with E-state index in [2.05, 4.69) is 35.3 Å². The zero-order valence-electron chi connectivity index (χ0n) is 7.44. The first-order valence-electron chi connectivity index (χ1n) is 4.47. The van der Waals surface area contributed by atoms with Gasteiger partial charge in [-0.1, -0.05) is 0 Å². The van der Waals surface area contributed by atoms with Crippen molar-refractivity contribution in [3.8, 4) is 0 Å². The maximum atomic E-state index is 4.60. The second kappa shape index (κ2) is 3.18. The molecule has 1 aliphatic heterocycles. The Bertz CT molecular complexity index is 548. The van der Waals surface area contributed by atoms with Crippen LogP contribution in [0.15, 0.2) is 47.5 Å². The molecule has 14 heavy (non-hydrogen) atoms. The first-order valence-corrected chi connectivity index (χ1v) is 6.34. The Morgan fingerprint density at radius 3 is 3.00 bits per heavy atom. The number of hydrogen-bond acceptors (Lipinski definition) is 1. The second-order valence-electron chi connectivity index (χ2n) is 3.12. The van der Waals surface area contributed by atoms with Gasteiger partial charge >= 0.3 is 88.2 Å². The second-order valence-corrected chi connectivity index (χ2v) is 5.53. The third-order valence-corrected chi connectivity index (χ3v) is 4.69. The van der Waals surface area contributed by atoms with E-state index in [1.165, 1.54) is 8.30 Å². The Kier molecular flexibility index (Phi) is 1.85. The van der Waals surface area contributed by atoms with Crippen LogP contribution in [0.2, 0.25) is 0 Å². The molecule has 0 unspecified atom stereocenters. The van der Waals surface area contributed by atoms with Crippen molar-refractivity contribution in [2.45, 2.75) is 0 Å². The molecule has 0 amide bonds. The summed E-state index contributed by atoms with van der Waals surface area (Å²) in [5.41, 5.74) is 1.10. The van der Waals surface area contributed by atoms with Gasteiger partial charge in [-0.2, -0.15) is 0 Å². The Morgan fingerprint density at radius 2 is 2.00 bits per heavy atom. The van der Waals surface area contributed by atoms with Crippen molar-refractivity contribution >= 4 is 25.3 Å². The van der Waals surface area contributed by atoms with Crippen LogP contribution >= 0.6 is 0 Å². The maximum absolute atomic E-state index is 4.60. The number of benzene rings is 2. The molecule has 1 nitrogen and oxygen atoms in total. The monoisotopic (exact) mass is 240 g/mol. The van der Waals surface area contributed by atoms with E-state index in [0.717, 1.165) is 11.0 Å². The molecule has 0 saturated heterocycles. The van der Waals surface area contributed by atoms with Gasteiger partial charge in [-0.25, -0.2) is 0 Å². The Balaban J connectivity index is 2.42. The Morgan fingerprint density at radius 1 is 1.07 bits per heavy atom. The van der Waals surface area contributed by atoms with Crippen LogP contribution in [-0.2, 0) is 0 Å². The molecule has 0 spiro atoms. The molecule has 0 bridgehead atoms. The van der Waals surface area contributed by atoms with Crippen LogP contribution < -0.4 is 9.71 Å². The van der Waals surface area contributed by atoms with E-state index in [4.69, 9.17) is 0 Å². The van der Waals surface area contributed by atoms with E-state index in [1.54, 1.807) is 0 Å². The van der Waals surface area contributed by atoms with E-state index in [0.29, 0.717) is 0 Å². The summed E-state index contributed by atoms with van der Waals surface area (Å²) in [6, 6.07) is 17.7. The molecule has 1 heterocycles. The summed E-state index contributed by atoms with van der Waals surface area (Å²) in [6.07, 6.45) is 0. The molecular formula is C12H7AsN. The molecule has 3 rings (SSSR count). The molecule has 0 fully saturated rings. The van der Waals surface area contributed by atoms with Crippen molar-refractivity contribution in [1.29, 1.82) is 0 Å². The van der Waals surface area contributed by atoms with Crippen molar-refractivity contribution < 1.29 is 0 Å². The fourth-order valence-electron chi connectivity index (χ4n) is 1.50. The molecule has 2 aromatic carbocycles. The third-order valence-electron chi connectivity index (χ3n) is 2.17. The summed E-state index contributed by atoms with van der Waals surface area (Å²) in [6.45, 7) is 0. The molecular weight excluding hydrogens is 233 g/mol. The summed E-state index contributed by atoms with van der Waals surface area (Å²) >= 11 is 0.0779. The molecule has 1 aliphatic rings. The van der Waals surface area contributed by atoms with Crippen molar-refractivity contribution in [2.75, 3.05) is 0 Å². The van der Waals surface area contributed by atoms with Gasteiger partial charge in [0.05, 0.1) is 0 Å². The Hall–Kier alpha value is -1.20. The van der Waals surface area contributed by atoms with Gasteiger partial charge in [0.25, 0.3) is 0 Å². The zero-order valence-corrected chi connectivity index (χ0v) is 9.31. The Labute approximate surface area is 88.3 Å². The van der Waals surface area contributed by atoms with Gasteiger partial charge in [-0.05, 0) is 0 Å². The molecule has 0 aliphatic carbocycles. The van der Waals surface area contributed by atoms with Gasteiger partial charge in [-0.3, -0.25) is 0 Å². The van der Waals surface area contributed by atoms with Crippen LogP contribution in [0.5, 0.6) is 0 Å². The first kappa shape index (κ1) is 8.14. The van der Waals surface area contributed by atoms with Gasteiger partial charge in [-0.15, -0.1) is 0 Å². The average molecular weight is 240 g/mol. The van der Waals surface area contributed by atoms with Gasteiger partial charge in [0.15, 0.2) is 0 Å². The van der Waals surface area contributed by atoms with Gasteiger partial charge < -0.3 is 0 Å². The molecule has 65 valence electrons. The van der Waals surface area contributed by atoms with Crippen LogP contribution in [0.1, 0.15) is 0 Å². The van der Waals surface area contributed by atoms with Crippen molar-refractivity contribution in [2.24, 2.45) is 4.99 Å². The van der Waals surface area contributed by atoms with Gasteiger partial charge in [0.2, 0.25) is 0 Å². The average Bonchev–Trinajstić information content (AvgIpc) is 2.26. The molecule has 1 radical (unpaired) electrons. The molecule has 0 saturated carbocycles.